The van der Waals surface area contributed by atoms with Crippen molar-refractivity contribution in [2.45, 2.75) is 33.1 Å². The first-order valence-corrected chi connectivity index (χ1v) is 6.54. The third kappa shape index (κ3) is 3.28. The second-order valence-corrected chi connectivity index (χ2v) is 5.48. The molecular formula is C15H20N4. The van der Waals surface area contributed by atoms with Gasteiger partial charge in [-0.25, -0.2) is 9.97 Å². The maximum atomic E-state index is 4.68. The predicted octanol–water partition coefficient (Wildman–Crippen LogP) is 3.27. The monoisotopic (exact) mass is 256 g/mol. The normalized spacial score (nSPS) is 11.4. The molecule has 2 aromatic rings. The Balaban J connectivity index is 2.52. The number of pyridine rings is 1. The lowest BCUT2D eigenvalue weighted by molar-refractivity contribution is 0.546. The molecule has 2 aromatic heterocycles. The number of aromatic nitrogens is 3. The fraction of sp³-hybridized carbons (Fsp3) is 0.400. The maximum absolute atomic E-state index is 4.68. The Labute approximate surface area is 114 Å². The van der Waals surface area contributed by atoms with Crippen LogP contribution in [0.3, 0.4) is 0 Å². The van der Waals surface area contributed by atoms with Crippen molar-refractivity contribution >= 4 is 5.82 Å². The zero-order valence-corrected chi connectivity index (χ0v) is 11.9. The van der Waals surface area contributed by atoms with Crippen LogP contribution in [0.2, 0.25) is 0 Å². The van der Waals surface area contributed by atoms with Gasteiger partial charge < -0.3 is 5.32 Å². The summed E-state index contributed by atoms with van der Waals surface area (Å²) in [7, 11) is 0. The Morgan fingerprint density at radius 1 is 1.11 bits per heavy atom. The van der Waals surface area contributed by atoms with Gasteiger partial charge in [0, 0.05) is 36.0 Å². The molecule has 2 heterocycles. The Morgan fingerprint density at radius 3 is 2.37 bits per heavy atom. The van der Waals surface area contributed by atoms with Crippen molar-refractivity contribution in [2.24, 2.45) is 0 Å². The first-order valence-electron chi connectivity index (χ1n) is 6.54. The van der Waals surface area contributed by atoms with Gasteiger partial charge in [0.15, 0.2) is 0 Å². The molecule has 0 aliphatic heterocycles. The van der Waals surface area contributed by atoms with Gasteiger partial charge in [0.25, 0.3) is 0 Å². The van der Waals surface area contributed by atoms with E-state index in [9.17, 15) is 0 Å². The zero-order valence-electron chi connectivity index (χ0n) is 11.9. The Hall–Kier alpha value is -1.97. The molecule has 0 amide bonds. The van der Waals surface area contributed by atoms with E-state index < -0.39 is 0 Å². The molecule has 0 saturated heterocycles. The smallest absolute Gasteiger partial charge is 0.136 e. The van der Waals surface area contributed by atoms with Crippen LogP contribution in [0.4, 0.5) is 5.82 Å². The predicted molar refractivity (Wildman–Crippen MR) is 78.1 cm³/mol. The average Bonchev–Trinajstić information content (AvgIpc) is 2.39. The molecule has 4 nitrogen and oxygen atoms in total. The molecule has 0 saturated carbocycles. The second-order valence-electron chi connectivity index (χ2n) is 5.48. The van der Waals surface area contributed by atoms with Gasteiger partial charge in [-0.3, -0.25) is 4.98 Å². The first kappa shape index (κ1) is 13.5. The minimum absolute atomic E-state index is 0.0762. The number of hydrogen-bond acceptors (Lipinski definition) is 4. The molecular weight excluding hydrogens is 236 g/mol. The molecule has 0 atom stereocenters. The number of nitrogens with zero attached hydrogens (tertiary/aromatic N) is 3. The molecule has 0 bridgehead atoms. The molecule has 2 rings (SSSR count). The Morgan fingerprint density at radius 2 is 1.79 bits per heavy atom. The summed E-state index contributed by atoms with van der Waals surface area (Å²) in [5.41, 5.74) is 1.91. The molecule has 19 heavy (non-hydrogen) atoms. The van der Waals surface area contributed by atoms with E-state index in [1.54, 1.807) is 12.4 Å². The highest BCUT2D eigenvalue weighted by Gasteiger charge is 2.19. The third-order valence-electron chi connectivity index (χ3n) is 2.73. The van der Waals surface area contributed by atoms with E-state index in [2.05, 4.69) is 48.0 Å². The number of anilines is 1. The molecule has 100 valence electrons. The second kappa shape index (κ2) is 5.34. The number of nitrogens with one attached hydrogen (secondary N) is 1. The molecule has 0 radical (unpaired) electrons. The van der Waals surface area contributed by atoms with Gasteiger partial charge >= 0.3 is 0 Å². The molecule has 0 aliphatic carbocycles. The largest absolute Gasteiger partial charge is 0.370 e. The molecule has 0 spiro atoms. The molecule has 0 fully saturated rings. The summed E-state index contributed by atoms with van der Waals surface area (Å²) in [6, 6.07) is 5.91. The minimum atomic E-state index is -0.0762. The van der Waals surface area contributed by atoms with E-state index in [1.807, 2.05) is 18.2 Å². The van der Waals surface area contributed by atoms with Crippen LogP contribution in [0, 0.1) is 0 Å². The fourth-order valence-corrected chi connectivity index (χ4v) is 1.72. The van der Waals surface area contributed by atoms with Gasteiger partial charge in [0.1, 0.15) is 11.6 Å². The van der Waals surface area contributed by atoms with E-state index in [4.69, 9.17) is 0 Å². The van der Waals surface area contributed by atoms with Crippen LogP contribution in [0.25, 0.3) is 11.3 Å². The van der Waals surface area contributed by atoms with Crippen molar-refractivity contribution in [3.8, 4) is 11.3 Å². The standard InChI is InChI=1S/C15H20N4/c1-5-17-13-10-12(11-6-8-16-9-7-11)18-14(19-13)15(2,3)4/h6-10H,5H2,1-4H3,(H,17,18,19). The van der Waals surface area contributed by atoms with Crippen molar-refractivity contribution in [3.05, 3.63) is 36.4 Å². The van der Waals surface area contributed by atoms with Gasteiger partial charge in [-0.1, -0.05) is 20.8 Å². The van der Waals surface area contributed by atoms with Crippen LogP contribution >= 0.6 is 0 Å². The van der Waals surface area contributed by atoms with Gasteiger partial charge in [0.2, 0.25) is 0 Å². The highest BCUT2D eigenvalue weighted by atomic mass is 15.0. The summed E-state index contributed by atoms with van der Waals surface area (Å²) in [6.45, 7) is 9.26. The first-order chi connectivity index (χ1) is 9.00. The topological polar surface area (TPSA) is 50.7 Å². The van der Waals surface area contributed by atoms with Crippen molar-refractivity contribution in [1.29, 1.82) is 0 Å². The van der Waals surface area contributed by atoms with Crippen LogP contribution in [0.5, 0.6) is 0 Å². The van der Waals surface area contributed by atoms with Crippen molar-refractivity contribution in [1.82, 2.24) is 15.0 Å². The zero-order chi connectivity index (χ0) is 13.9. The van der Waals surface area contributed by atoms with Crippen LogP contribution in [-0.2, 0) is 5.41 Å². The van der Waals surface area contributed by atoms with Crippen LogP contribution in [0.15, 0.2) is 30.6 Å². The Kier molecular flexibility index (Phi) is 3.79. The van der Waals surface area contributed by atoms with E-state index >= 15 is 0 Å². The minimum Gasteiger partial charge on any atom is -0.370 e. The summed E-state index contributed by atoms with van der Waals surface area (Å²) in [5, 5.41) is 3.26. The average molecular weight is 256 g/mol. The van der Waals surface area contributed by atoms with Gasteiger partial charge in [-0.15, -0.1) is 0 Å². The van der Waals surface area contributed by atoms with E-state index in [-0.39, 0.29) is 5.41 Å². The van der Waals surface area contributed by atoms with E-state index in [0.29, 0.717) is 0 Å². The molecule has 0 aromatic carbocycles. The van der Waals surface area contributed by atoms with Gasteiger partial charge in [-0.05, 0) is 19.1 Å². The van der Waals surface area contributed by atoms with Crippen molar-refractivity contribution < 1.29 is 0 Å². The highest BCUT2D eigenvalue weighted by molar-refractivity contribution is 5.62. The summed E-state index contributed by atoms with van der Waals surface area (Å²) in [4.78, 5) is 13.3. The van der Waals surface area contributed by atoms with E-state index in [1.165, 1.54) is 0 Å². The van der Waals surface area contributed by atoms with Crippen LogP contribution < -0.4 is 5.32 Å². The fourth-order valence-electron chi connectivity index (χ4n) is 1.72. The molecule has 4 heteroatoms. The van der Waals surface area contributed by atoms with Crippen molar-refractivity contribution in [2.75, 3.05) is 11.9 Å². The lowest BCUT2D eigenvalue weighted by Gasteiger charge is -2.18. The molecule has 1 N–H and O–H groups in total. The SMILES string of the molecule is CCNc1cc(-c2ccncc2)nc(C(C)(C)C)n1. The van der Waals surface area contributed by atoms with Gasteiger partial charge in [0.05, 0.1) is 5.69 Å². The van der Waals surface area contributed by atoms with Crippen LogP contribution in [0.1, 0.15) is 33.5 Å². The lowest BCUT2D eigenvalue weighted by Crippen LogP contribution is -2.17. The summed E-state index contributed by atoms with van der Waals surface area (Å²) < 4.78 is 0. The molecule has 0 aliphatic rings. The van der Waals surface area contributed by atoms with Gasteiger partial charge in [-0.2, -0.15) is 0 Å². The summed E-state index contributed by atoms with van der Waals surface area (Å²) in [5.74, 6) is 1.71. The quantitative estimate of drug-likeness (QED) is 0.915. The number of hydrogen-bond donors (Lipinski definition) is 1. The lowest BCUT2D eigenvalue weighted by atomic mass is 9.95. The van der Waals surface area contributed by atoms with Crippen molar-refractivity contribution in [3.63, 3.8) is 0 Å². The third-order valence-corrected chi connectivity index (χ3v) is 2.73. The maximum Gasteiger partial charge on any atom is 0.136 e. The van der Waals surface area contributed by atoms with Crippen LogP contribution in [-0.4, -0.2) is 21.5 Å². The number of rotatable bonds is 3. The summed E-state index contributed by atoms with van der Waals surface area (Å²) in [6.07, 6.45) is 3.56. The van der Waals surface area contributed by atoms with E-state index in [0.717, 1.165) is 29.4 Å². The Bertz CT molecular complexity index is 544. The highest BCUT2D eigenvalue weighted by Crippen LogP contribution is 2.25. The summed E-state index contributed by atoms with van der Waals surface area (Å²) >= 11 is 0. The molecule has 0 unspecified atom stereocenters.